The van der Waals surface area contributed by atoms with E-state index in [1.165, 1.54) is 20.2 Å². The highest BCUT2D eigenvalue weighted by Crippen LogP contribution is 2.45. The lowest BCUT2D eigenvalue weighted by molar-refractivity contribution is -0.150. The Bertz CT molecular complexity index is 1090. The molecule has 0 aliphatic rings. The van der Waals surface area contributed by atoms with Gasteiger partial charge >= 0.3 is 11.9 Å². The van der Waals surface area contributed by atoms with Crippen molar-refractivity contribution in [2.24, 2.45) is 5.92 Å². The Hall–Kier alpha value is -2.60. The van der Waals surface area contributed by atoms with E-state index in [2.05, 4.69) is 20.0 Å². The van der Waals surface area contributed by atoms with E-state index in [9.17, 15) is 14.2 Å². The molecule has 202 valence electrons. The van der Waals surface area contributed by atoms with Gasteiger partial charge in [0.25, 0.3) is 7.52 Å². The molecule has 0 bridgehead atoms. The molecule has 2 rings (SSSR count). The molecule has 0 spiro atoms. The zero-order valence-corrected chi connectivity index (χ0v) is 22.8. The van der Waals surface area contributed by atoms with Gasteiger partial charge in [-0.05, 0) is 40.5 Å². The third-order valence-electron chi connectivity index (χ3n) is 4.68. The molecule has 2 heterocycles. The molecule has 0 saturated carbocycles. The summed E-state index contributed by atoms with van der Waals surface area (Å²) in [4.78, 5) is 36.9. The lowest BCUT2D eigenvalue weighted by Gasteiger charge is -2.30. The second-order valence-electron chi connectivity index (χ2n) is 9.65. The summed E-state index contributed by atoms with van der Waals surface area (Å²) in [6.45, 7) is 11.9. The van der Waals surface area contributed by atoms with Crippen LogP contribution in [0.15, 0.2) is 12.7 Å². The van der Waals surface area contributed by atoms with Crippen LogP contribution < -0.4 is 10.8 Å². The molecule has 13 nitrogen and oxygen atoms in total. The second-order valence-corrected chi connectivity index (χ2v) is 11.7. The molecular formula is C22H37N6O7P. The SMILES string of the molecule is CC(C)COC(=O)C(C)(C)N[P@@](=O)(CO[C@H](C)Cn1cnc2c(N)ncnc21)OCC(=O)OC(C)C. The molecule has 0 fully saturated rings. The van der Waals surface area contributed by atoms with E-state index in [0.29, 0.717) is 17.7 Å². The number of nitrogens with one attached hydrogen (secondary N) is 1. The van der Waals surface area contributed by atoms with Crippen molar-refractivity contribution in [1.29, 1.82) is 0 Å². The lowest BCUT2D eigenvalue weighted by Crippen LogP contribution is -2.47. The molecule has 0 unspecified atom stereocenters. The smallest absolute Gasteiger partial charge is 0.332 e. The number of carbonyl (C=O) groups excluding carboxylic acids is 2. The minimum atomic E-state index is -3.88. The van der Waals surface area contributed by atoms with E-state index >= 15 is 0 Å². The van der Waals surface area contributed by atoms with E-state index in [1.807, 2.05) is 13.8 Å². The number of nitrogen functional groups attached to an aromatic ring is 1. The van der Waals surface area contributed by atoms with Crippen LogP contribution >= 0.6 is 7.52 Å². The molecule has 0 aliphatic heterocycles. The fourth-order valence-electron chi connectivity index (χ4n) is 3.04. The zero-order valence-electron chi connectivity index (χ0n) is 21.9. The molecule has 2 aromatic rings. The summed E-state index contributed by atoms with van der Waals surface area (Å²) in [7, 11) is -3.88. The van der Waals surface area contributed by atoms with Crippen molar-refractivity contribution < 1.29 is 32.9 Å². The minimum Gasteiger partial charge on any atom is -0.464 e. The normalized spacial score (nSPS) is 14.7. The van der Waals surface area contributed by atoms with Gasteiger partial charge in [-0.25, -0.2) is 24.8 Å². The maximum absolute atomic E-state index is 13.7. The maximum Gasteiger partial charge on any atom is 0.332 e. The van der Waals surface area contributed by atoms with Gasteiger partial charge in [0.15, 0.2) is 18.1 Å². The first-order valence-corrected chi connectivity index (χ1v) is 13.5. The van der Waals surface area contributed by atoms with Crippen molar-refractivity contribution in [3.05, 3.63) is 12.7 Å². The van der Waals surface area contributed by atoms with Crippen LogP contribution in [0.1, 0.15) is 48.5 Å². The fourth-order valence-corrected chi connectivity index (χ4v) is 4.95. The first kappa shape index (κ1) is 29.6. The standard InChI is InChI=1S/C22H37N6O7P/c1-14(2)9-32-21(30)22(6,7)27-36(31,34-10-17(29)35-15(3)4)13-33-16(5)8-28-12-26-18-19(23)24-11-25-20(18)28/h11-12,14-16H,8-10,13H2,1-7H3,(H,27,31)(H2,23,24,25)/t16-,36-/m1/s1. The largest absolute Gasteiger partial charge is 0.464 e. The van der Waals surface area contributed by atoms with Crippen molar-refractivity contribution >= 4 is 36.4 Å². The number of hydrogen-bond donors (Lipinski definition) is 2. The molecular weight excluding hydrogens is 491 g/mol. The van der Waals surface area contributed by atoms with Gasteiger partial charge in [-0.2, -0.15) is 0 Å². The molecule has 0 amide bonds. The maximum atomic E-state index is 13.7. The van der Waals surface area contributed by atoms with Crippen molar-refractivity contribution in [1.82, 2.24) is 24.6 Å². The number of fused-ring (bicyclic) bond motifs is 1. The van der Waals surface area contributed by atoms with Gasteiger partial charge < -0.3 is 29.0 Å². The molecule has 3 N–H and O–H groups in total. The second kappa shape index (κ2) is 12.6. The average Bonchev–Trinajstić information content (AvgIpc) is 3.18. The van der Waals surface area contributed by atoms with Crippen molar-refractivity contribution in [2.75, 3.05) is 25.3 Å². The van der Waals surface area contributed by atoms with Crippen LogP contribution in [0, 0.1) is 5.92 Å². The zero-order chi connectivity index (χ0) is 27.1. The summed E-state index contributed by atoms with van der Waals surface area (Å²) in [6.07, 6.45) is 1.63. The Balaban J connectivity index is 2.11. The molecule has 2 atom stereocenters. The van der Waals surface area contributed by atoms with Gasteiger partial charge in [-0.3, -0.25) is 9.36 Å². The summed E-state index contributed by atoms with van der Waals surface area (Å²) < 4.78 is 37.0. The number of nitrogens with zero attached hydrogens (tertiary/aromatic N) is 4. The molecule has 36 heavy (non-hydrogen) atoms. The number of carbonyl (C=O) groups is 2. The Morgan fingerprint density at radius 1 is 1.17 bits per heavy atom. The first-order valence-electron chi connectivity index (χ1n) is 11.6. The van der Waals surface area contributed by atoms with Crippen LogP contribution in [0.3, 0.4) is 0 Å². The van der Waals surface area contributed by atoms with E-state index in [0.717, 1.165) is 0 Å². The predicted octanol–water partition coefficient (Wildman–Crippen LogP) is 2.50. The molecule has 14 heteroatoms. The molecule has 0 aliphatic carbocycles. The molecule has 0 aromatic carbocycles. The number of nitrogens with two attached hydrogens (primary N) is 1. The number of hydrogen-bond acceptors (Lipinski definition) is 11. The van der Waals surface area contributed by atoms with E-state index < -0.39 is 44.1 Å². The third kappa shape index (κ3) is 8.81. The monoisotopic (exact) mass is 528 g/mol. The van der Waals surface area contributed by atoms with Crippen LogP contribution in [0.25, 0.3) is 11.2 Å². The van der Waals surface area contributed by atoms with Gasteiger partial charge in [0.1, 0.15) is 23.7 Å². The fraction of sp³-hybridized carbons (Fsp3) is 0.682. The highest BCUT2D eigenvalue weighted by Gasteiger charge is 2.39. The highest BCUT2D eigenvalue weighted by atomic mass is 31.2. The summed E-state index contributed by atoms with van der Waals surface area (Å²) in [5.74, 6) is -0.917. The number of aromatic nitrogens is 4. The van der Waals surface area contributed by atoms with Gasteiger partial charge in [0, 0.05) is 0 Å². The van der Waals surface area contributed by atoms with Crippen LogP contribution in [0.2, 0.25) is 0 Å². The van der Waals surface area contributed by atoms with Gasteiger partial charge in [0.05, 0.1) is 31.7 Å². The van der Waals surface area contributed by atoms with Crippen LogP contribution in [-0.4, -0.2) is 68.8 Å². The molecule has 0 radical (unpaired) electrons. The minimum absolute atomic E-state index is 0.127. The Kier molecular flexibility index (Phi) is 10.4. The molecule has 2 aromatic heterocycles. The van der Waals surface area contributed by atoms with Gasteiger partial charge in [-0.1, -0.05) is 13.8 Å². The predicted molar refractivity (Wildman–Crippen MR) is 133 cm³/mol. The van der Waals surface area contributed by atoms with Gasteiger partial charge in [0.2, 0.25) is 0 Å². The van der Waals surface area contributed by atoms with Crippen LogP contribution in [0.5, 0.6) is 0 Å². The number of anilines is 1. The number of imidazole rings is 1. The molecule has 0 saturated heterocycles. The van der Waals surface area contributed by atoms with Gasteiger partial charge in [-0.15, -0.1) is 0 Å². The topological polar surface area (TPSA) is 170 Å². The van der Waals surface area contributed by atoms with Crippen molar-refractivity contribution in [2.45, 2.75) is 72.8 Å². The Labute approximate surface area is 210 Å². The number of ether oxygens (including phenoxy) is 3. The van der Waals surface area contributed by atoms with Crippen LogP contribution in [-0.2, 0) is 39.4 Å². The quantitative estimate of drug-likeness (QED) is 0.272. The third-order valence-corrected chi connectivity index (χ3v) is 6.61. The Morgan fingerprint density at radius 2 is 1.86 bits per heavy atom. The number of rotatable bonds is 14. The average molecular weight is 529 g/mol. The highest BCUT2D eigenvalue weighted by molar-refractivity contribution is 7.56. The number of esters is 2. The van der Waals surface area contributed by atoms with E-state index in [4.69, 9.17) is 24.5 Å². The first-order chi connectivity index (χ1) is 16.7. The summed E-state index contributed by atoms with van der Waals surface area (Å²) in [5, 5.41) is 2.72. The lowest BCUT2D eigenvalue weighted by atomic mass is 10.1. The summed E-state index contributed by atoms with van der Waals surface area (Å²) in [6, 6.07) is 0. The van der Waals surface area contributed by atoms with Crippen LogP contribution in [0.4, 0.5) is 5.82 Å². The summed E-state index contributed by atoms with van der Waals surface area (Å²) >= 11 is 0. The van der Waals surface area contributed by atoms with Crippen molar-refractivity contribution in [3.8, 4) is 0 Å². The van der Waals surface area contributed by atoms with E-state index in [1.54, 1.807) is 31.7 Å². The van der Waals surface area contributed by atoms with Crippen molar-refractivity contribution in [3.63, 3.8) is 0 Å². The Morgan fingerprint density at radius 3 is 2.50 bits per heavy atom. The van der Waals surface area contributed by atoms with E-state index in [-0.39, 0.29) is 24.4 Å². The summed E-state index contributed by atoms with van der Waals surface area (Å²) in [5.41, 5.74) is 5.44.